The lowest BCUT2D eigenvalue weighted by Gasteiger charge is -2.11. The quantitative estimate of drug-likeness (QED) is 0.744. The Balaban J connectivity index is 2.03. The first-order chi connectivity index (χ1) is 10.5. The molecule has 3 N–H and O–H groups in total. The van der Waals surface area contributed by atoms with Crippen LogP contribution in [0.25, 0.3) is 21.8 Å². The largest absolute Gasteiger partial charge is 0.465 e. The number of carbonyl (C=O) groups is 1. The summed E-state index contributed by atoms with van der Waals surface area (Å²) in [5, 5.41) is 15.2. The number of hydrogen-bond acceptors (Lipinski definition) is 4. The highest BCUT2D eigenvalue weighted by molar-refractivity contribution is 9.10. The first-order valence-corrected chi connectivity index (χ1v) is 7.41. The number of hydrogen-bond donors (Lipinski definition) is 2. The van der Waals surface area contributed by atoms with E-state index in [2.05, 4.69) is 26.0 Å². The number of anilines is 1. The van der Waals surface area contributed by atoms with Gasteiger partial charge in [0.25, 0.3) is 0 Å². The van der Waals surface area contributed by atoms with Crippen molar-refractivity contribution in [1.29, 1.82) is 0 Å². The van der Waals surface area contributed by atoms with Gasteiger partial charge in [-0.05, 0) is 12.1 Å². The molecule has 8 heteroatoms. The molecule has 2 aromatic heterocycles. The van der Waals surface area contributed by atoms with Crippen LogP contribution in [0.4, 0.5) is 10.6 Å². The maximum Gasteiger partial charge on any atom is 0.407 e. The molecule has 3 rings (SSSR count). The van der Waals surface area contributed by atoms with E-state index in [9.17, 15) is 4.79 Å². The lowest BCUT2D eigenvalue weighted by atomic mass is 10.1. The van der Waals surface area contributed by atoms with Crippen LogP contribution in [0.5, 0.6) is 0 Å². The maximum atomic E-state index is 10.8. The Morgan fingerprint density at radius 3 is 2.95 bits per heavy atom. The van der Waals surface area contributed by atoms with Gasteiger partial charge in [-0.15, -0.1) is 0 Å². The third kappa shape index (κ3) is 2.57. The van der Waals surface area contributed by atoms with Crippen molar-refractivity contribution in [2.75, 3.05) is 19.3 Å². The summed E-state index contributed by atoms with van der Waals surface area (Å²) in [6.07, 6.45) is 0.910. The number of rotatable bonds is 3. The summed E-state index contributed by atoms with van der Waals surface area (Å²) in [7, 11) is 1.52. The molecule has 0 fully saturated rings. The summed E-state index contributed by atoms with van der Waals surface area (Å²) < 4.78 is 2.63. The van der Waals surface area contributed by atoms with E-state index in [1.165, 1.54) is 11.9 Å². The highest BCUT2D eigenvalue weighted by Gasteiger charge is 2.12. The minimum Gasteiger partial charge on any atom is -0.465 e. The van der Waals surface area contributed by atoms with Gasteiger partial charge in [-0.25, -0.2) is 9.78 Å². The summed E-state index contributed by atoms with van der Waals surface area (Å²) in [4.78, 5) is 16.4. The molecule has 2 heterocycles. The van der Waals surface area contributed by atoms with Crippen molar-refractivity contribution in [2.24, 2.45) is 0 Å². The Morgan fingerprint density at radius 2 is 2.23 bits per heavy atom. The number of likely N-dealkylation sites (N-methyl/N-ethyl adjacent to an activating group) is 1. The van der Waals surface area contributed by atoms with E-state index in [0.29, 0.717) is 24.4 Å². The normalized spacial score (nSPS) is 11.2. The first-order valence-electron chi connectivity index (χ1n) is 6.61. The minimum atomic E-state index is -0.965. The van der Waals surface area contributed by atoms with Gasteiger partial charge in [0, 0.05) is 35.0 Å². The van der Waals surface area contributed by atoms with Gasteiger partial charge < -0.3 is 15.7 Å². The van der Waals surface area contributed by atoms with Crippen LogP contribution in [-0.4, -0.2) is 44.5 Å². The number of benzene rings is 1. The van der Waals surface area contributed by atoms with Gasteiger partial charge in [0.1, 0.15) is 5.52 Å². The Kier molecular flexibility index (Phi) is 3.61. The monoisotopic (exact) mass is 363 g/mol. The molecule has 0 spiro atoms. The molecule has 114 valence electrons. The molecular formula is C14H14BrN5O2. The van der Waals surface area contributed by atoms with Crippen molar-refractivity contribution in [3.05, 3.63) is 28.9 Å². The average Bonchev–Trinajstić information content (AvgIpc) is 2.89. The van der Waals surface area contributed by atoms with Crippen molar-refractivity contribution in [1.82, 2.24) is 19.7 Å². The van der Waals surface area contributed by atoms with Crippen LogP contribution in [0.2, 0.25) is 0 Å². The van der Waals surface area contributed by atoms with Crippen molar-refractivity contribution in [2.45, 2.75) is 6.54 Å². The highest BCUT2D eigenvalue weighted by atomic mass is 79.9. The molecule has 0 aliphatic carbocycles. The molecule has 0 aliphatic rings. The summed E-state index contributed by atoms with van der Waals surface area (Å²) in [6.45, 7) is 0.801. The van der Waals surface area contributed by atoms with Gasteiger partial charge in [0.2, 0.25) is 0 Å². The zero-order valence-corrected chi connectivity index (χ0v) is 13.4. The topological polar surface area (TPSA) is 97.3 Å². The van der Waals surface area contributed by atoms with Crippen molar-refractivity contribution >= 4 is 49.6 Å². The zero-order valence-electron chi connectivity index (χ0n) is 11.8. The van der Waals surface area contributed by atoms with E-state index >= 15 is 0 Å². The number of pyridine rings is 1. The summed E-state index contributed by atoms with van der Waals surface area (Å²) in [6, 6.07) is 5.81. The molecule has 1 aromatic carbocycles. The number of nitrogens with two attached hydrogens (primary N) is 1. The second-order valence-corrected chi connectivity index (χ2v) is 5.93. The van der Waals surface area contributed by atoms with Crippen molar-refractivity contribution in [3.63, 3.8) is 0 Å². The van der Waals surface area contributed by atoms with Gasteiger partial charge >= 0.3 is 6.09 Å². The highest BCUT2D eigenvalue weighted by Crippen LogP contribution is 2.28. The molecular weight excluding hydrogens is 350 g/mol. The number of nitrogen functional groups attached to an aromatic ring is 1. The fourth-order valence-corrected chi connectivity index (χ4v) is 2.63. The third-order valence-electron chi connectivity index (χ3n) is 3.49. The fourth-order valence-electron chi connectivity index (χ4n) is 2.28. The Hall–Kier alpha value is -2.35. The molecule has 0 unspecified atom stereocenters. The van der Waals surface area contributed by atoms with Crippen LogP contribution in [0.15, 0.2) is 28.9 Å². The van der Waals surface area contributed by atoms with Gasteiger partial charge in [-0.1, -0.05) is 22.0 Å². The number of fused-ring (bicyclic) bond motifs is 3. The Labute approximate surface area is 134 Å². The number of carboxylic acid groups (broad SMARTS) is 1. The molecule has 3 aromatic rings. The minimum absolute atomic E-state index is 0.347. The van der Waals surface area contributed by atoms with E-state index in [0.717, 1.165) is 20.8 Å². The van der Waals surface area contributed by atoms with Gasteiger partial charge in [-0.3, -0.25) is 4.68 Å². The fraction of sp³-hybridized carbons (Fsp3) is 0.214. The number of halogens is 1. The van der Waals surface area contributed by atoms with Gasteiger partial charge in [-0.2, -0.15) is 5.10 Å². The third-order valence-corrected chi connectivity index (χ3v) is 3.98. The summed E-state index contributed by atoms with van der Waals surface area (Å²) in [5.74, 6) is 0.367. The van der Waals surface area contributed by atoms with E-state index in [-0.39, 0.29) is 0 Å². The number of aromatic nitrogens is 3. The Bertz CT molecular complexity index is 876. The maximum absolute atomic E-state index is 10.8. The van der Waals surface area contributed by atoms with Crippen LogP contribution in [-0.2, 0) is 6.54 Å². The van der Waals surface area contributed by atoms with Crippen molar-refractivity contribution in [3.8, 4) is 0 Å². The van der Waals surface area contributed by atoms with E-state index < -0.39 is 6.09 Å². The second kappa shape index (κ2) is 5.45. The summed E-state index contributed by atoms with van der Waals surface area (Å²) >= 11 is 3.42. The van der Waals surface area contributed by atoms with E-state index in [4.69, 9.17) is 10.8 Å². The van der Waals surface area contributed by atoms with Crippen LogP contribution >= 0.6 is 15.9 Å². The van der Waals surface area contributed by atoms with E-state index in [1.807, 2.05) is 24.4 Å². The lowest BCUT2D eigenvalue weighted by Crippen LogP contribution is -2.28. The van der Waals surface area contributed by atoms with Gasteiger partial charge in [0.05, 0.1) is 12.1 Å². The Morgan fingerprint density at radius 1 is 1.45 bits per heavy atom. The SMILES string of the molecule is CN(CCn1cc2c(n1)c(N)nc1cc(Br)ccc12)C(=O)O. The average molecular weight is 364 g/mol. The molecule has 0 bridgehead atoms. The van der Waals surface area contributed by atoms with Crippen molar-refractivity contribution < 1.29 is 9.90 Å². The molecule has 0 radical (unpaired) electrons. The molecule has 7 nitrogen and oxygen atoms in total. The molecule has 0 saturated heterocycles. The molecule has 1 amide bonds. The lowest BCUT2D eigenvalue weighted by molar-refractivity contribution is 0.154. The van der Waals surface area contributed by atoms with Crippen LogP contribution < -0.4 is 5.73 Å². The zero-order chi connectivity index (χ0) is 15.9. The van der Waals surface area contributed by atoms with Crippen LogP contribution in [0.3, 0.4) is 0 Å². The second-order valence-electron chi connectivity index (χ2n) is 5.02. The molecule has 0 saturated carbocycles. The molecule has 0 atom stereocenters. The van der Waals surface area contributed by atoms with Crippen LogP contribution in [0.1, 0.15) is 0 Å². The van der Waals surface area contributed by atoms with Crippen LogP contribution in [0, 0.1) is 0 Å². The predicted molar refractivity (Wildman–Crippen MR) is 87.8 cm³/mol. The summed E-state index contributed by atoms with van der Waals surface area (Å²) in [5.41, 5.74) is 7.41. The predicted octanol–water partition coefficient (Wildman–Crippen LogP) is 2.54. The van der Waals surface area contributed by atoms with Gasteiger partial charge in [0.15, 0.2) is 5.82 Å². The smallest absolute Gasteiger partial charge is 0.407 e. The molecule has 0 aliphatic heterocycles. The molecule has 22 heavy (non-hydrogen) atoms. The number of amides is 1. The first kappa shape index (κ1) is 14.6. The van der Waals surface area contributed by atoms with E-state index in [1.54, 1.807) is 4.68 Å². The standard InChI is InChI=1S/C14H14BrN5O2/c1-19(14(21)22)4-5-20-7-10-9-3-2-8(15)6-11(9)17-13(16)12(10)18-20/h2-3,6-7H,4-5H2,1H3,(H2,16,17)(H,21,22). The number of nitrogens with zero attached hydrogens (tertiary/aromatic N) is 4.